The average molecular weight is 441 g/mol. The number of likely N-dealkylation sites (N-methyl/N-ethyl adjacent to an activating group) is 1. The fourth-order valence-electron chi connectivity index (χ4n) is 4.17. The second kappa shape index (κ2) is 10.9. The standard InChI is InChI=1S/C25H32N2O5/c1-5-26(19-10-7-9-18(15-19)25(29)32-6-2)17-24(28)27-14-8-11-22(27)21-16-20(30-3)12-13-23(21)31-4/h7,9-10,12-13,15-16,22H,5-6,8,11,14,17H2,1-4H3. The van der Waals surface area contributed by atoms with Gasteiger partial charge in [0.1, 0.15) is 11.5 Å². The van der Waals surface area contributed by atoms with Crippen LogP contribution in [0.3, 0.4) is 0 Å². The summed E-state index contributed by atoms with van der Waals surface area (Å²) in [5.41, 5.74) is 2.27. The van der Waals surface area contributed by atoms with Crippen LogP contribution in [0.15, 0.2) is 42.5 Å². The summed E-state index contributed by atoms with van der Waals surface area (Å²) in [6.45, 7) is 5.66. The fourth-order valence-corrected chi connectivity index (χ4v) is 4.17. The lowest BCUT2D eigenvalue weighted by molar-refractivity contribution is -0.130. The zero-order chi connectivity index (χ0) is 23.1. The maximum Gasteiger partial charge on any atom is 0.338 e. The van der Waals surface area contributed by atoms with Crippen molar-refractivity contribution in [2.24, 2.45) is 0 Å². The molecule has 0 bridgehead atoms. The van der Waals surface area contributed by atoms with Crippen LogP contribution < -0.4 is 14.4 Å². The Hall–Kier alpha value is -3.22. The number of anilines is 1. The molecule has 1 aliphatic rings. The third-order valence-corrected chi connectivity index (χ3v) is 5.80. The summed E-state index contributed by atoms with van der Waals surface area (Å²) in [5, 5.41) is 0. The van der Waals surface area contributed by atoms with Gasteiger partial charge in [-0.25, -0.2) is 4.79 Å². The molecule has 32 heavy (non-hydrogen) atoms. The van der Waals surface area contributed by atoms with E-state index >= 15 is 0 Å². The fraction of sp³-hybridized carbons (Fsp3) is 0.440. The highest BCUT2D eigenvalue weighted by molar-refractivity contribution is 5.91. The highest BCUT2D eigenvalue weighted by Crippen LogP contribution is 2.39. The predicted molar refractivity (Wildman–Crippen MR) is 124 cm³/mol. The van der Waals surface area contributed by atoms with Crippen LogP contribution in [0.1, 0.15) is 48.7 Å². The molecule has 0 N–H and O–H groups in total. The van der Waals surface area contributed by atoms with Crippen LogP contribution in [0.5, 0.6) is 11.5 Å². The van der Waals surface area contributed by atoms with Crippen LogP contribution in [0.4, 0.5) is 5.69 Å². The predicted octanol–water partition coefficient (Wildman–Crippen LogP) is 4.07. The van der Waals surface area contributed by atoms with E-state index in [4.69, 9.17) is 14.2 Å². The van der Waals surface area contributed by atoms with Gasteiger partial charge in [-0.05, 0) is 63.1 Å². The third kappa shape index (κ3) is 5.15. The average Bonchev–Trinajstić information content (AvgIpc) is 3.32. The highest BCUT2D eigenvalue weighted by atomic mass is 16.5. The first-order valence-electron chi connectivity index (χ1n) is 11.1. The Labute approximate surface area is 189 Å². The normalized spacial score (nSPS) is 15.4. The van der Waals surface area contributed by atoms with Crippen molar-refractivity contribution in [2.45, 2.75) is 32.7 Å². The smallest absolute Gasteiger partial charge is 0.338 e. The van der Waals surface area contributed by atoms with Gasteiger partial charge in [-0.1, -0.05) is 6.07 Å². The molecule has 1 fully saturated rings. The van der Waals surface area contributed by atoms with E-state index in [9.17, 15) is 9.59 Å². The van der Waals surface area contributed by atoms with Crippen molar-refractivity contribution < 1.29 is 23.8 Å². The lowest BCUT2D eigenvalue weighted by Crippen LogP contribution is -2.40. The minimum absolute atomic E-state index is 0.0424. The van der Waals surface area contributed by atoms with E-state index in [1.54, 1.807) is 33.3 Å². The van der Waals surface area contributed by atoms with Crippen molar-refractivity contribution in [3.05, 3.63) is 53.6 Å². The van der Waals surface area contributed by atoms with E-state index in [1.165, 1.54) is 0 Å². The van der Waals surface area contributed by atoms with Gasteiger partial charge in [0.25, 0.3) is 0 Å². The Balaban J connectivity index is 1.80. The van der Waals surface area contributed by atoms with Crippen LogP contribution in [0, 0.1) is 0 Å². The Kier molecular flexibility index (Phi) is 7.98. The van der Waals surface area contributed by atoms with Crippen molar-refractivity contribution >= 4 is 17.6 Å². The van der Waals surface area contributed by atoms with E-state index in [0.29, 0.717) is 25.3 Å². The Morgan fingerprint density at radius 2 is 1.91 bits per heavy atom. The molecule has 2 aromatic rings. The van der Waals surface area contributed by atoms with Gasteiger partial charge in [-0.3, -0.25) is 4.79 Å². The van der Waals surface area contributed by atoms with Crippen LogP contribution >= 0.6 is 0 Å². The summed E-state index contributed by atoms with van der Waals surface area (Å²) in [5.74, 6) is 1.18. The molecule has 1 atom stereocenters. The van der Waals surface area contributed by atoms with Crippen LogP contribution in [-0.4, -0.2) is 57.2 Å². The zero-order valence-electron chi connectivity index (χ0n) is 19.3. The number of carbonyl (C=O) groups excluding carboxylic acids is 2. The number of benzene rings is 2. The molecule has 172 valence electrons. The van der Waals surface area contributed by atoms with Gasteiger partial charge in [0, 0.05) is 24.3 Å². The topological polar surface area (TPSA) is 68.3 Å². The molecule has 1 amide bonds. The summed E-state index contributed by atoms with van der Waals surface area (Å²) in [6, 6.07) is 12.9. The largest absolute Gasteiger partial charge is 0.497 e. The summed E-state index contributed by atoms with van der Waals surface area (Å²) >= 11 is 0. The van der Waals surface area contributed by atoms with E-state index in [2.05, 4.69) is 0 Å². The van der Waals surface area contributed by atoms with Gasteiger partial charge in [-0.15, -0.1) is 0 Å². The first-order valence-corrected chi connectivity index (χ1v) is 11.1. The molecule has 1 saturated heterocycles. The van der Waals surface area contributed by atoms with Crippen LogP contribution in [-0.2, 0) is 9.53 Å². The van der Waals surface area contributed by atoms with Gasteiger partial charge < -0.3 is 24.0 Å². The number of amides is 1. The molecule has 3 rings (SSSR count). The molecule has 0 aromatic heterocycles. The van der Waals surface area contributed by atoms with E-state index in [0.717, 1.165) is 35.6 Å². The highest BCUT2D eigenvalue weighted by Gasteiger charge is 2.32. The van der Waals surface area contributed by atoms with Crippen LogP contribution in [0.2, 0.25) is 0 Å². The minimum Gasteiger partial charge on any atom is -0.497 e. The van der Waals surface area contributed by atoms with Gasteiger partial charge >= 0.3 is 5.97 Å². The molecule has 1 aliphatic heterocycles. The summed E-state index contributed by atoms with van der Waals surface area (Å²) < 4.78 is 16.1. The molecule has 0 spiro atoms. The third-order valence-electron chi connectivity index (χ3n) is 5.80. The number of carbonyl (C=O) groups is 2. The molecular formula is C25H32N2O5. The molecule has 0 aliphatic carbocycles. The van der Waals surface area contributed by atoms with Crippen molar-refractivity contribution in [1.29, 1.82) is 0 Å². The second-order valence-corrected chi connectivity index (χ2v) is 7.64. The van der Waals surface area contributed by atoms with Crippen molar-refractivity contribution in [3.8, 4) is 11.5 Å². The van der Waals surface area contributed by atoms with Crippen molar-refractivity contribution in [3.63, 3.8) is 0 Å². The summed E-state index contributed by atoms with van der Waals surface area (Å²) in [4.78, 5) is 29.4. The molecule has 1 heterocycles. The lowest BCUT2D eigenvalue weighted by atomic mass is 10.0. The molecule has 2 aromatic carbocycles. The van der Waals surface area contributed by atoms with Gasteiger partial charge in [0.2, 0.25) is 5.91 Å². The number of ether oxygens (including phenoxy) is 3. The molecule has 0 saturated carbocycles. The van der Waals surface area contributed by atoms with Crippen molar-refractivity contribution in [1.82, 2.24) is 4.90 Å². The van der Waals surface area contributed by atoms with E-state index in [1.807, 2.05) is 47.1 Å². The number of hydrogen-bond donors (Lipinski definition) is 0. The van der Waals surface area contributed by atoms with E-state index < -0.39 is 0 Å². The Bertz CT molecular complexity index is 946. The number of hydrogen-bond acceptors (Lipinski definition) is 6. The van der Waals surface area contributed by atoms with Crippen LogP contribution in [0.25, 0.3) is 0 Å². The van der Waals surface area contributed by atoms with E-state index in [-0.39, 0.29) is 24.5 Å². The number of methoxy groups -OCH3 is 2. The quantitative estimate of drug-likeness (QED) is 0.548. The first kappa shape index (κ1) is 23.4. The monoisotopic (exact) mass is 440 g/mol. The number of likely N-dealkylation sites (tertiary alicyclic amines) is 1. The SMILES string of the molecule is CCOC(=O)c1cccc(N(CC)CC(=O)N2CCCC2c2cc(OC)ccc2OC)c1. The lowest BCUT2D eigenvalue weighted by Gasteiger charge is -2.30. The summed E-state index contributed by atoms with van der Waals surface area (Å²) in [6.07, 6.45) is 1.81. The Morgan fingerprint density at radius 1 is 1.09 bits per heavy atom. The van der Waals surface area contributed by atoms with Gasteiger partial charge in [0.05, 0.1) is 39.0 Å². The molecule has 1 unspecified atom stereocenters. The summed E-state index contributed by atoms with van der Waals surface area (Å²) in [7, 11) is 3.27. The minimum atomic E-state index is -0.360. The maximum atomic E-state index is 13.4. The first-order chi connectivity index (χ1) is 15.5. The molecule has 7 heteroatoms. The van der Waals surface area contributed by atoms with Gasteiger partial charge in [-0.2, -0.15) is 0 Å². The van der Waals surface area contributed by atoms with Gasteiger partial charge in [0.15, 0.2) is 0 Å². The number of nitrogens with zero attached hydrogens (tertiary/aromatic N) is 2. The maximum absolute atomic E-state index is 13.4. The molecule has 7 nitrogen and oxygen atoms in total. The number of rotatable bonds is 9. The van der Waals surface area contributed by atoms with Crippen molar-refractivity contribution in [2.75, 3.05) is 45.4 Å². The molecular weight excluding hydrogens is 408 g/mol. The molecule has 0 radical (unpaired) electrons. The zero-order valence-corrected chi connectivity index (χ0v) is 19.3. The Morgan fingerprint density at radius 3 is 2.59 bits per heavy atom. The second-order valence-electron chi connectivity index (χ2n) is 7.64. The number of esters is 1.